The third kappa shape index (κ3) is 7.19. The summed E-state index contributed by atoms with van der Waals surface area (Å²) in [4.78, 5) is 0. The van der Waals surface area contributed by atoms with E-state index in [1.54, 1.807) is 11.1 Å². The van der Waals surface area contributed by atoms with Gasteiger partial charge in [-0.2, -0.15) is 0 Å². The van der Waals surface area contributed by atoms with E-state index >= 15 is 0 Å². The van der Waals surface area contributed by atoms with E-state index in [9.17, 15) is 0 Å². The first kappa shape index (κ1) is 39.5. The van der Waals surface area contributed by atoms with Crippen LogP contribution in [0.5, 0.6) is 0 Å². The summed E-state index contributed by atoms with van der Waals surface area (Å²) in [7, 11) is -3.24. The van der Waals surface area contributed by atoms with Crippen LogP contribution in [0.25, 0.3) is 11.1 Å². The van der Waals surface area contributed by atoms with E-state index < -0.39 is 15.2 Å². The van der Waals surface area contributed by atoms with Gasteiger partial charge in [0.2, 0.25) is 0 Å². The topological polar surface area (TPSA) is 0 Å². The zero-order chi connectivity index (χ0) is 38.4. The molecule has 2 fully saturated rings. The van der Waals surface area contributed by atoms with E-state index in [0.717, 1.165) is 11.1 Å². The Morgan fingerprint density at radius 3 is 0.981 bits per heavy atom. The minimum atomic E-state index is -1.62. The van der Waals surface area contributed by atoms with Crippen LogP contribution >= 0.6 is 0 Å². The van der Waals surface area contributed by atoms with Crippen molar-refractivity contribution in [1.82, 2.24) is 0 Å². The Morgan fingerprint density at radius 1 is 0.423 bits per heavy atom. The molecule has 282 valence electrons. The minimum Gasteiger partial charge on any atom is -0.0808 e. The SMILES string of the molecule is CC(C)(C)c1cc(C2=CC=CC3C([Si](C)(C)[Si](C)(C)C4CC[C@H]5C(c6cc(C(C)(C)C)cc(C(C)(C)C)c6)=CC=CC45)CC[C@H]23)cc(C(C)(C)C)c1. The fourth-order valence-corrected chi connectivity index (χ4v) is 24.8. The van der Waals surface area contributed by atoms with E-state index in [1.165, 1.54) is 59.1 Å². The quantitative estimate of drug-likeness (QED) is 0.269. The maximum Gasteiger partial charge on any atom is 0.0452 e. The fourth-order valence-electron chi connectivity index (χ4n) is 10.7. The smallest absolute Gasteiger partial charge is 0.0452 e. The van der Waals surface area contributed by atoms with Gasteiger partial charge in [-0.3, -0.25) is 0 Å². The molecule has 4 aliphatic carbocycles. The van der Waals surface area contributed by atoms with Crippen molar-refractivity contribution in [2.24, 2.45) is 23.7 Å². The average molecular weight is 731 g/mol. The van der Waals surface area contributed by atoms with Crippen LogP contribution in [-0.4, -0.2) is 15.2 Å². The van der Waals surface area contributed by atoms with Crippen molar-refractivity contribution >= 4 is 26.3 Å². The van der Waals surface area contributed by atoms with Crippen LogP contribution in [0, 0.1) is 23.7 Å². The largest absolute Gasteiger partial charge is 0.0808 e. The molecular weight excluding hydrogens is 657 g/mol. The highest BCUT2D eigenvalue weighted by atomic mass is 29.3. The summed E-state index contributed by atoms with van der Waals surface area (Å²) in [5, 5.41) is 0. The van der Waals surface area contributed by atoms with Crippen LogP contribution in [0.1, 0.15) is 142 Å². The van der Waals surface area contributed by atoms with Crippen molar-refractivity contribution < 1.29 is 0 Å². The second-order valence-corrected chi connectivity index (χ2v) is 38.9. The van der Waals surface area contributed by atoms with Crippen LogP contribution in [-0.2, 0) is 21.7 Å². The molecule has 0 aromatic heterocycles. The van der Waals surface area contributed by atoms with Gasteiger partial charge < -0.3 is 0 Å². The first-order valence-corrected chi connectivity index (χ1v) is 28.1. The van der Waals surface area contributed by atoms with Crippen molar-refractivity contribution in [2.75, 3.05) is 0 Å². The maximum absolute atomic E-state index is 2.86. The molecule has 2 aromatic carbocycles. The molecule has 6 atom stereocenters. The third-order valence-electron chi connectivity index (χ3n) is 15.0. The number of hydrogen-bond donors (Lipinski definition) is 0. The molecule has 0 N–H and O–H groups in total. The monoisotopic (exact) mass is 731 g/mol. The first-order chi connectivity index (χ1) is 23.8. The molecule has 0 aliphatic heterocycles. The van der Waals surface area contributed by atoms with Crippen LogP contribution < -0.4 is 0 Å². The van der Waals surface area contributed by atoms with Crippen molar-refractivity contribution in [3.63, 3.8) is 0 Å². The Kier molecular flexibility index (Phi) is 10.1. The molecule has 4 unspecified atom stereocenters. The van der Waals surface area contributed by atoms with E-state index in [0.29, 0.717) is 23.7 Å². The lowest BCUT2D eigenvalue weighted by Crippen LogP contribution is -2.61. The standard InChI is InChI=1S/C50H74Si2/c1-47(2,3)35-27-33(28-36(31-35)48(4,5)6)39-19-17-21-43-41(39)23-25-45(43)51(13,14)52(15,16)46-26-24-42-40(20-18-22-44(42)46)34-29-37(49(7,8)9)32-38(30-34)50(10,11)12/h17-22,27-32,41-46H,23-26H2,1-16H3/t41-,42+,43?,44?,45?,46?. The second-order valence-electron chi connectivity index (χ2n) is 22.8. The zero-order valence-electron chi connectivity index (χ0n) is 36.2. The lowest BCUT2D eigenvalue weighted by molar-refractivity contribution is 0.551. The fraction of sp³-hybridized carbons (Fsp3) is 0.600. The summed E-state index contributed by atoms with van der Waals surface area (Å²) in [6, 6.07) is 15.2. The Morgan fingerprint density at radius 2 is 0.712 bits per heavy atom. The Bertz CT molecular complexity index is 1600. The minimum absolute atomic E-state index is 0.134. The number of fused-ring (bicyclic) bond motifs is 2. The van der Waals surface area contributed by atoms with E-state index in [2.05, 4.69) is 182 Å². The highest BCUT2D eigenvalue weighted by molar-refractivity contribution is 7.41. The van der Waals surface area contributed by atoms with Gasteiger partial charge in [0.05, 0.1) is 0 Å². The van der Waals surface area contributed by atoms with Gasteiger partial charge in [0.25, 0.3) is 0 Å². The summed E-state index contributed by atoms with van der Waals surface area (Å²) in [5.74, 6) is 2.69. The highest BCUT2D eigenvalue weighted by Gasteiger charge is 2.58. The van der Waals surface area contributed by atoms with Gasteiger partial charge in [-0.25, -0.2) is 0 Å². The molecule has 0 radical (unpaired) electrons. The van der Waals surface area contributed by atoms with Crippen LogP contribution in [0.3, 0.4) is 0 Å². The predicted octanol–water partition coefficient (Wildman–Crippen LogP) is 14.8. The number of benzene rings is 2. The summed E-state index contributed by atoms with van der Waals surface area (Å²) < 4.78 is 0. The molecule has 2 saturated carbocycles. The van der Waals surface area contributed by atoms with Crippen LogP contribution in [0.4, 0.5) is 0 Å². The second kappa shape index (κ2) is 13.2. The molecular formula is C50H74Si2. The van der Waals surface area contributed by atoms with Gasteiger partial charge in [-0.15, -0.1) is 0 Å². The van der Waals surface area contributed by atoms with Crippen LogP contribution in [0.2, 0.25) is 37.3 Å². The molecule has 4 aliphatic rings. The molecule has 52 heavy (non-hydrogen) atoms. The van der Waals surface area contributed by atoms with Crippen molar-refractivity contribution in [3.05, 3.63) is 106 Å². The Labute approximate surface area is 322 Å². The molecule has 0 amide bonds. The van der Waals surface area contributed by atoms with Crippen molar-refractivity contribution in [3.8, 4) is 0 Å². The summed E-state index contributed by atoms with van der Waals surface area (Å²) in [5.41, 5.74) is 14.4. The molecule has 2 heteroatoms. The summed E-state index contributed by atoms with van der Waals surface area (Å²) in [6.45, 7) is 40.0. The lowest BCUT2D eigenvalue weighted by Gasteiger charge is -2.50. The third-order valence-corrected chi connectivity index (χ3v) is 35.5. The molecule has 0 heterocycles. The van der Waals surface area contributed by atoms with Gasteiger partial charge in [-0.05, 0) is 114 Å². The first-order valence-electron chi connectivity index (χ1n) is 20.9. The zero-order valence-corrected chi connectivity index (χ0v) is 38.2. The normalized spacial score (nSPS) is 27.0. The van der Waals surface area contributed by atoms with Gasteiger partial charge in [0.1, 0.15) is 0 Å². The van der Waals surface area contributed by atoms with E-state index in [-0.39, 0.29) is 21.7 Å². The van der Waals surface area contributed by atoms with Gasteiger partial charge in [0, 0.05) is 15.2 Å². The Balaban J connectivity index is 1.28. The van der Waals surface area contributed by atoms with Crippen molar-refractivity contribution in [2.45, 2.75) is 168 Å². The van der Waals surface area contributed by atoms with Gasteiger partial charge in [0.15, 0.2) is 0 Å². The average Bonchev–Trinajstić information content (AvgIpc) is 3.68. The highest BCUT2D eigenvalue weighted by Crippen LogP contribution is 2.61. The summed E-state index contributed by atoms with van der Waals surface area (Å²) in [6.07, 6.45) is 20.8. The van der Waals surface area contributed by atoms with E-state index in [4.69, 9.17) is 0 Å². The maximum atomic E-state index is 2.86. The lowest BCUT2D eigenvalue weighted by atomic mass is 9.75. The molecule has 0 bridgehead atoms. The number of hydrogen-bond acceptors (Lipinski definition) is 0. The molecule has 0 nitrogen and oxygen atoms in total. The van der Waals surface area contributed by atoms with Gasteiger partial charge in [-0.1, -0.05) is 195 Å². The Hall–Kier alpha value is -2.17. The molecule has 2 aromatic rings. The van der Waals surface area contributed by atoms with Crippen molar-refractivity contribution in [1.29, 1.82) is 0 Å². The number of rotatable bonds is 5. The number of allylic oxidation sites excluding steroid dienone is 8. The van der Waals surface area contributed by atoms with Gasteiger partial charge >= 0.3 is 0 Å². The molecule has 0 saturated heterocycles. The van der Waals surface area contributed by atoms with Crippen LogP contribution in [0.15, 0.2) is 72.9 Å². The molecule has 6 rings (SSSR count). The predicted molar refractivity (Wildman–Crippen MR) is 237 cm³/mol. The molecule has 0 spiro atoms. The summed E-state index contributed by atoms with van der Waals surface area (Å²) >= 11 is 0. The van der Waals surface area contributed by atoms with E-state index in [1.807, 2.05) is 0 Å².